The molecule has 94 valence electrons. The van der Waals surface area contributed by atoms with Crippen molar-refractivity contribution in [3.63, 3.8) is 0 Å². The molecule has 0 saturated carbocycles. The first-order chi connectivity index (χ1) is 7.93. The number of benzene rings is 1. The van der Waals surface area contributed by atoms with Crippen molar-refractivity contribution in [2.75, 3.05) is 0 Å². The third-order valence-corrected chi connectivity index (χ3v) is 2.70. The van der Waals surface area contributed by atoms with E-state index in [1.54, 1.807) is 6.92 Å². The molecule has 0 spiro atoms. The minimum Gasteiger partial charge on any atom is -0.481 e. The number of carbonyl (C=O) groups is 1. The maximum Gasteiger partial charge on any atom is 0.304 e. The van der Waals surface area contributed by atoms with Crippen molar-refractivity contribution < 1.29 is 18.7 Å². The number of halogens is 2. The van der Waals surface area contributed by atoms with Crippen molar-refractivity contribution >= 4 is 5.97 Å². The van der Waals surface area contributed by atoms with Gasteiger partial charge >= 0.3 is 5.97 Å². The lowest BCUT2D eigenvalue weighted by atomic mass is 9.87. The molecule has 1 rings (SSSR count). The Balaban J connectivity index is 3.07. The van der Waals surface area contributed by atoms with Gasteiger partial charge in [0.05, 0.1) is 6.42 Å². The van der Waals surface area contributed by atoms with E-state index in [2.05, 4.69) is 0 Å². The molecule has 0 aliphatic heterocycles. The minimum absolute atomic E-state index is 0.238. The van der Waals surface area contributed by atoms with Gasteiger partial charge in [0.15, 0.2) is 0 Å². The second kappa shape index (κ2) is 5.72. The smallest absolute Gasteiger partial charge is 0.304 e. The van der Waals surface area contributed by atoms with Crippen LogP contribution >= 0.6 is 0 Å². The quantitative estimate of drug-likeness (QED) is 0.833. The van der Waals surface area contributed by atoms with Crippen LogP contribution in [0.1, 0.15) is 31.2 Å². The molecule has 0 fully saturated rings. The first-order valence-corrected chi connectivity index (χ1v) is 5.37. The van der Waals surface area contributed by atoms with E-state index >= 15 is 0 Å². The molecule has 1 aromatic rings. The van der Waals surface area contributed by atoms with Crippen molar-refractivity contribution in [2.24, 2.45) is 5.73 Å². The zero-order chi connectivity index (χ0) is 13.0. The molecule has 0 heterocycles. The average Bonchev–Trinajstić information content (AvgIpc) is 2.23. The van der Waals surface area contributed by atoms with E-state index in [-0.39, 0.29) is 6.42 Å². The van der Waals surface area contributed by atoms with E-state index in [4.69, 9.17) is 10.8 Å². The number of aliphatic carboxylic acids is 1. The summed E-state index contributed by atoms with van der Waals surface area (Å²) in [5.41, 5.74) is 6.08. The largest absolute Gasteiger partial charge is 0.481 e. The molecule has 1 aromatic carbocycles. The van der Waals surface area contributed by atoms with Gasteiger partial charge in [-0.25, -0.2) is 8.78 Å². The van der Waals surface area contributed by atoms with E-state index in [9.17, 15) is 13.6 Å². The molecule has 0 amide bonds. The molecule has 2 atom stereocenters. The summed E-state index contributed by atoms with van der Waals surface area (Å²) >= 11 is 0. The van der Waals surface area contributed by atoms with Crippen LogP contribution < -0.4 is 5.73 Å². The van der Waals surface area contributed by atoms with Gasteiger partial charge < -0.3 is 10.8 Å². The average molecular weight is 243 g/mol. The van der Waals surface area contributed by atoms with E-state index in [1.807, 2.05) is 0 Å². The zero-order valence-corrected chi connectivity index (χ0v) is 9.49. The molecule has 3 nitrogen and oxygen atoms in total. The topological polar surface area (TPSA) is 63.3 Å². The fourth-order valence-electron chi connectivity index (χ4n) is 1.78. The van der Waals surface area contributed by atoms with Crippen molar-refractivity contribution in [2.45, 2.75) is 31.7 Å². The van der Waals surface area contributed by atoms with Crippen LogP contribution in [-0.4, -0.2) is 17.1 Å². The number of rotatable bonds is 5. The van der Waals surface area contributed by atoms with Gasteiger partial charge in [0, 0.05) is 18.0 Å². The molecule has 5 heteroatoms. The van der Waals surface area contributed by atoms with E-state index < -0.39 is 29.6 Å². The second-order valence-electron chi connectivity index (χ2n) is 3.98. The number of carboxylic acids is 1. The molecule has 3 N–H and O–H groups in total. The van der Waals surface area contributed by atoms with Gasteiger partial charge in [-0.2, -0.15) is 0 Å². The summed E-state index contributed by atoms with van der Waals surface area (Å²) in [6.45, 7) is 1.80. The predicted molar refractivity (Wildman–Crippen MR) is 59.6 cm³/mol. The Hall–Kier alpha value is -1.49. The van der Waals surface area contributed by atoms with Gasteiger partial charge in [-0.05, 0) is 24.1 Å². The van der Waals surface area contributed by atoms with Crippen LogP contribution in [0.3, 0.4) is 0 Å². The molecule has 0 bridgehead atoms. The number of hydrogen-bond donors (Lipinski definition) is 2. The van der Waals surface area contributed by atoms with Gasteiger partial charge in [0.25, 0.3) is 0 Å². The fraction of sp³-hybridized carbons (Fsp3) is 0.417. The second-order valence-corrected chi connectivity index (χ2v) is 3.98. The molecule has 2 unspecified atom stereocenters. The van der Waals surface area contributed by atoms with Crippen LogP contribution in [-0.2, 0) is 4.79 Å². The van der Waals surface area contributed by atoms with Gasteiger partial charge in [0.2, 0.25) is 0 Å². The summed E-state index contributed by atoms with van der Waals surface area (Å²) in [5, 5.41) is 8.79. The van der Waals surface area contributed by atoms with E-state index in [0.717, 1.165) is 18.2 Å². The van der Waals surface area contributed by atoms with Crippen LogP contribution in [0, 0.1) is 11.6 Å². The molecule has 0 aliphatic rings. The summed E-state index contributed by atoms with van der Waals surface area (Å²) < 4.78 is 26.1. The Labute approximate surface area is 98.2 Å². The lowest BCUT2D eigenvalue weighted by Gasteiger charge is -2.21. The number of nitrogens with two attached hydrogens (primary N) is 1. The van der Waals surface area contributed by atoms with E-state index in [1.165, 1.54) is 0 Å². The van der Waals surface area contributed by atoms with E-state index in [0.29, 0.717) is 12.0 Å². The number of hydrogen-bond acceptors (Lipinski definition) is 2. The zero-order valence-electron chi connectivity index (χ0n) is 9.49. The molecule has 0 radical (unpaired) electrons. The van der Waals surface area contributed by atoms with Crippen molar-refractivity contribution in [1.29, 1.82) is 0 Å². The highest BCUT2D eigenvalue weighted by Crippen LogP contribution is 2.25. The summed E-state index contributed by atoms with van der Waals surface area (Å²) in [6, 6.07) is 2.57. The number of carboxylic acid groups (broad SMARTS) is 1. The summed E-state index contributed by atoms with van der Waals surface area (Å²) in [5.74, 6) is -3.07. The van der Waals surface area contributed by atoms with Crippen molar-refractivity contribution in [3.05, 3.63) is 35.4 Å². The first-order valence-electron chi connectivity index (χ1n) is 5.37. The van der Waals surface area contributed by atoms with Crippen LogP contribution in [0.5, 0.6) is 0 Å². The van der Waals surface area contributed by atoms with Gasteiger partial charge in [-0.15, -0.1) is 0 Å². The third kappa shape index (κ3) is 3.78. The fourth-order valence-corrected chi connectivity index (χ4v) is 1.78. The van der Waals surface area contributed by atoms with Crippen molar-refractivity contribution in [3.8, 4) is 0 Å². The standard InChI is InChI=1S/C12H15F2NO2/c1-2-11(15)10(6-12(16)17)7-3-8(13)5-9(14)4-7/h3-5,10-11H,2,6,15H2,1H3,(H,16,17). The highest BCUT2D eigenvalue weighted by Gasteiger charge is 2.22. The highest BCUT2D eigenvalue weighted by atomic mass is 19.1. The molecular weight excluding hydrogens is 228 g/mol. The maximum atomic E-state index is 13.1. The van der Waals surface area contributed by atoms with Gasteiger partial charge in [-0.3, -0.25) is 4.79 Å². The Morgan fingerprint density at radius 1 is 1.35 bits per heavy atom. The van der Waals surface area contributed by atoms with Crippen LogP contribution in [0.25, 0.3) is 0 Å². The van der Waals surface area contributed by atoms with Crippen LogP contribution in [0.15, 0.2) is 18.2 Å². The van der Waals surface area contributed by atoms with Crippen LogP contribution in [0.4, 0.5) is 8.78 Å². The third-order valence-electron chi connectivity index (χ3n) is 2.70. The molecular formula is C12H15F2NO2. The van der Waals surface area contributed by atoms with Crippen LogP contribution in [0.2, 0.25) is 0 Å². The summed E-state index contributed by atoms with van der Waals surface area (Å²) in [7, 11) is 0. The predicted octanol–water partition coefficient (Wildman–Crippen LogP) is 2.26. The SMILES string of the molecule is CCC(N)C(CC(=O)O)c1cc(F)cc(F)c1. The Bertz CT molecular complexity index is 389. The Morgan fingerprint density at radius 2 is 1.88 bits per heavy atom. The van der Waals surface area contributed by atoms with Gasteiger partial charge in [-0.1, -0.05) is 6.92 Å². The summed E-state index contributed by atoms with van der Waals surface area (Å²) in [4.78, 5) is 10.7. The molecule has 0 saturated heterocycles. The summed E-state index contributed by atoms with van der Waals surface area (Å²) in [6.07, 6.45) is 0.300. The normalized spacial score (nSPS) is 14.4. The highest BCUT2D eigenvalue weighted by molar-refractivity contribution is 5.68. The minimum atomic E-state index is -1.04. The maximum absolute atomic E-state index is 13.1. The monoisotopic (exact) mass is 243 g/mol. The molecule has 17 heavy (non-hydrogen) atoms. The molecule has 0 aliphatic carbocycles. The Morgan fingerprint density at radius 3 is 2.29 bits per heavy atom. The Kier molecular flexibility index (Phi) is 4.57. The van der Waals surface area contributed by atoms with Gasteiger partial charge in [0.1, 0.15) is 11.6 Å². The lowest BCUT2D eigenvalue weighted by molar-refractivity contribution is -0.137. The first kappa shape index (κ1) is 13.6. The molecule has 0 aromatic heterocycles. The van der Waals surface area contributed by atoms with Crippen molar-refractivity contribution in [1.82, 2.24) is 0 Å². The lowest BCUT2D eigenvalue weighted by Crippen LogP contribution is -2.29.